The molecule has 0 aliphatic carbocycles. The van der Waals surface area contributed by atoms with Crippen molar-refractivity contribution in [2.75, 3.05) is 19.0 Å². The van der Waals surface area contributed by atoms with Crippen molar-refractivity contribution in [2.24, 2.45) is 0 Å². The van der Waals surface area contributed by atoms with Gasteiger partial charge in [-0.25, -0.2) is 17.5 Å². The Bertz CT molecular complexity index is 806. The Morgan fingerprint density at radius 3 is 2.32 bits per heavy atom. The number of hydrogen-bond donors (Lipinski definition) is 2. The van der Waals surface area contributed by atoms with E-state index in [1.54, 1.807) is 31.4 Å². The Morgan fingerprint density at radius 1 is 1.08 bits per heavy atom. The minimum Gasteiger partial charge on any atom is -0.497 e. The van der Waals surface area contributed by atoms with Gasteiger partial charge in [0.15, 0.2) is 0 Å². The molecule has 2 N–H and O–H groups in total. The molecule has 1 amide bonds. The van der Waals surface area contributed by atoms with E-state index in [0.717, 1.165) is 12.1 Å². The van der Waals surface area contributed by atoms with Crippen molar-refractivity contribution >= 4 is 21.6 Å². The molecule has 0 radical (unpaired) electrons. The summed E-state index contributed by atoms with van der Waals surface area (Å²) in [5.41, 5.74) is 0.637. The Labute approximate surface area is 146 Å². The smallest absolute Gasteiger partial charge is 0.240 e. The van der Waals surface area contributed by atoms with Gasteiger partial charge in [-0.3, -0.25) is 4.79 Å². The molecule has 2 aromatic rings. The second kappa shape index (κ2) is 8.59. The molecular weight excluding hydrogens is 347 g/mol. The van der Waals surface area contributed by atoms with E-state index in [0.29, 0.717) is 17.9 Å². The highest BCUT2D eigenvalue weighted by atomic mass is 32.2. The van der Waals surface area contributed by atoms with Gasteiger partial charge in [-0.15, -0.1) is 0 Å². The van der Waals surface area contributed by atoms with Gasteiger partial charge in [0, 0.05) is 18.7 Å². The van der Waals surface area contributed by atoms with Gasteiger partial charge in [0.1, 0.15) is 11.6 Å². The van der Waals surface area contributed by atoms with Crippen molar-refractivity contribution in [3.63, 3.8) is 0 Å². The molecule has 0 aliphatic heterocycles. The first-order valence-electron chi connectivity index (χ1n) is 7.60. The second-order valence-corrected chi connectivity index (χ2v) is 7.00. The zero-order valence-electron chi connectivity index (χ0n) is 13.7. The number of ether oxygens (including phenoxy) is 1. The molecule has 2 aromatic carbocycles. The van der Waals surface area contributed by atoms with Crippen molar-refractivity contribution in [3.05, 3.63) is 54.3 Å². The summed E-state index contributed by atoms with van der Waals surface area (Å²) in [7, 11) is -2.15. The zero-order valence-corrected chi connectivity index (χ0v) is 14.5. The molecule has 0 spiro atoms. The summed E-state index contributed by atoms with van der Waals surface area (Å²) in [6.45, 7) is 0.107. The molecule has 0 aromatic heterocycles. The highest BCUT2D eigenvalue weighted by Gasteiger charge is 2.13. The van der Waals surface area contributed by atoms with Crippen molar-refractivity contribution in [1.82, 2.24) is 4.72 Å². The average molecular weight is 366 g/mol. The summed E-state index contributed by atoms with van der Waals surface area (Å²) in [6.07, 6.45) is 0.500. The molecule has 2 rings (SSSR count). The van der Waals surface area contributed by atoms with Gasteiger partial charge in [-0.05, 0) is 55.0 Å². The van der Waals surface area contributed by atoms with Crippen LogP contribution in [0.15, 0.2) is 53.4 Å². The Kier molecular flexibility index (Phi) is 6.49. The minimum atomic E-state index is -3.70. The second-order valence-electron chi connectivity index (χ2n) is 5.23. The van der Waals surface area contributed by atoms with Crippen LogP contribution in [-0.2, 0) is 14.8 Å². The number of rotatable bonds is 8. The molecule has 0 bridgehead atoms. The molecule has 134 valence electrons. The summed E-state index contributed by atoms with van der Waals surface area (Å²) in [4.78, 5) is 11.8. The van der Waals surface area contributed by atoms with Crippen molar-refractivity contribution in [3.8, 4) is 5.75 Å². The van der Waals surface area contributed by atoms with E-state index >= 15 is 0 Å². The first kappa shape index (κ1) is 18.9. The summed E-state index contributed by atoms with van der Waals surface area (Å²) in [5, 5.41) is 2.72. The van der Waals surface area contributed by atoms with Gasteiger partial charge in [-0.2, -0.15) is 0 Å². The van der Waals surface area contributed by atoms with E-state index in [4.69, 9.17) is 4.74 Å². The molecular formula is C17H19FN2O4S. The number of amides is 1. The first-order valence-corrected chi connectivity index (χ1v) is 9.08. The highest BCUT2D eigenvalue weighted by Crippen LogP contribution is 2.15. The molecule has 0 heterocycles. The van der Waals surface area contributed by atoms with E-state index in [9.17, 15) is 17.6 Å². The molecule has 8 heteroatoms. The minimum absolute atomic E-state index is 0.0171. The third-order valence-electron chi connectivity index (χ3n) is 3.37. The van der Waals surface area contributed by atoms with E-state index in [1.807, 2.05) is 0 Å². The fourth-order valence-electron chi connectivity index (χ4n) is 2.05. The van der Waals surface area contributed by atoms with E-state index < -0.39 is 15.8 Å². The van der Waals surface area contributed by atoms with Gasteiger partial charge < -0.3 is 10.1 Å². The number of hydrogen-bond acceptors (Lipinski definition) is 4. The van der Waals surface area contributed by atoms with Crippen LogP contribution in [0, 0.1) is 5.82 Å². The molecule has 0 aliphatic rings. The summed E-state index contributed by atoms with van der Waals surface area (Å²) in [5.74, 6) is -0.0338. The number of carbonyl (C=O) groups excluding carboxylic acids is 1. The van der Waals surface area contributed by atoms with Crippen LogP contribution < -0.4 is 14.8 Å². The Hall–Kier alpha value is -2.45. The van der Waals surface area contributed by atoms with Crippen LogP contribution in [0.4, 0.5) is 10.1 Å². The molecule has 0 saturated carbocycles. The Balaban J connectivity index is 1.76. The number of methoxy groups -OCH3 is 1. The van der Waals surface area contributed by atoms with Gasteiger partial charge in [0.05, 0.1) is 12.0 Å². The van der Waals surface area contributed by atoms with Crippen LogP contribution in [0.5, 0.6) is 5.75 Å². The Morgan fingerprint density at radius 2 is 1.72 bits per heavy atom. The zero-order chi connectivity index (χ0) is 18.3. The highest BCUT2D eigenvalue weighted by molar-refractivity contribution is 7.89. The van der Waals surface area contributed by atoms with Gasteiger partial charge in [-0.1, -0.05) is 0 Å². The quantitative estimate of drug-likeness (QED) is 0.703. The summed E-state index contributed by atoms with van der Waals surface area (Å²) >= 11 is 0. The number of benzene rings is 2. The van der Waals surface area contributed by atoms with Gasteiger partial charge in [0.25, 0.3) is 0 Å². The van der Waals surface area contributed by atoms with Crippen LogP contribution in [0.1, 0.15) is 12.8 Å². The molecule has 25 heavy (non-hydrogen) atoms. The topological polar surface area (TPSA) is 84.5 Å². The number of sulfonamides is 1. The lowest BCUT2D eigenvalue weighted by atomic mass is 10.2. The maximum atomic E-state index is 12.8. The third kappa shape index (κ3) is 5.84. The largest absolute Gasteiger partial charge is 0.497 e. The normalized spacial score (nSPS) is 11.1. The van der Waals surface area contributed by atoms with E-state index in [2.05, 4.69) is 10.0 Å². The summed E-state index contributed by atoms with van der Waals surface area (Å²) in [6, 6.07) is 11.4. The van der Waals surface area contributed by atoms with Crippen molar-refractivity contribution in [2.45, 2.75) is 17.7 Å². The van der Waals surface area contributed by atoms with Crippen molar-refractivity contribution in [1.29, 1.82) is 0 Å². The predicted octanol–water partition coefficient (Wildman–Crippen LogP) is 2.53. The monoisotopic (exact) mass is 366 g/mol. The van der Waals surface area contributed by atoms with Crippen LogP contribution in [0.25, 0.3) is 0 Å². The molecule has 6 nitrogen and oxygen atoms in total. The van der Waals surface area contributed by atoms with Crippen LogP contribution in [-0.4, -0.2) is 28.0 Å². The lowest BCUT2D eigenvalue weighted by Gasteiger charge is -2.08. The fraction of sp³-hybridized carbons (Fsp3) is 0.235. The first-order chi connectivity index (χ1) is 11.9. The maximum absolute atomic E-state index is 12.8. The predicted molar refractivity (Wildman–Crippen MR) is 92.4 cm³/mol. The van der Waals surface area contributed by atoms with Crippen LogP contribution in [0.3, 0.4) is 0 Å². The fourth-order valence-corrected chi connectivity index (χ4v) is 3.12. The van der Waals surface area contributed by atoms with Gasteiger partial charge in [0.2, 0.25) is 15.9 Å². The molecule has 0 saturated heterocycles. The van der Waals surface area contributed by atoms with Crippen molar-refractivity contribution < 1.29 is 22.3 Å². The van der Waals surface area contributed by atoms with Crippen LogP contribution in [0.2, 0.25) is 0 Å². The standard InChI is InChI=1S/C17H19FN2O4S/c1-24-15-8-6-14(7-9-15)20-17(21)3-2-12-19-25(22,23)16-10-4-13(18)5-11-16/h4-11,19H,2-3,12H2,1H3,(H,20,21). The molecule has 0 atom stereocenters. The number of anilines is 1. The lowest BCUT2D eigenvalue weighted by Crippen LogP contribution is -2.25. The van der Waals surface area contributed by atoms with E-state index in [-0.39, 0.29) is 23.8 Å². The number of halogens is 1. The number of carbonyl (C=O) groups is 1. The van der Waals surface area contributed by atoms with E-state index in [1.165, 1.54) is 12.1 Å². The lowest BCUT2D eigenvalue weighted by molar-refractivity contribution is -0.116. The SMILES string of the molecule is COc1ccc(NC(=O)CCCNS(=O)(=O)c2ccc(F)cc2)cc1. The van der Waals surface area contributed by atoms with Crippen LogP contribution >= 0.6 is 0 Å². The number of nitrogens with one attached hydrogen (secondary N) is 2. The third-order valence-corrected chi connectivity index (χ3v) is 4.85. The maximum Gasteiger partial charge on any atom is 0.240 e. The summed E-state index contributed by atoms with van der Waals surface area (Å²) < 4.78 is 44.2. The average Bonchev–Trinajstić information content (AvgIpc) is 2.60. The molecule has 0 unspecified atom stereocenters. The molecule has 0 fully saturated rings. The van der Waals surface area contributed by atoms with Gasteiger partial charge >= 0.3 is 0 Å².